The second-order valence-electron chi connectivity index (χ2n) is 4.93. The first-order chi connectivity index (χ1) is 7.11. The molecule has 0 aromatic heterocycles. The highest BCUT2D eigenvalue weighted by Gasteiger charge is 2.56. The highest BCUT2D eigenvalue weighted by Crippen LogP contribution is 2.57. The van der Waals surface area contributed by atoms with E-state index in [-0.39, 0.29) is 17.9 Å². The number of fused-ring (bicyclic) bond motifs is 1. The zero-order chi connectivity index (χ0) is 11.0. The molecule has 1 amide bonds. The van der Waals surface area contributed by atoms with Crippen molar-refractivity contribution in [2.24, 2.45) is 23.5 Å². The number of rotatable bonds is 4. The van der Waals surface area contributed by atoms with Crippen LogP contribution in [0.5, 0.6) is 0 Å². The minimum atomic E-state index is -0.566. The maximum Gasteiger partial charge on any atom is 0.223 e. The van der Waals surface area contributed by atoms with Crippen LogP contribution < -0.4 is 11.1 Å². The van der Waals surface area contributed by atoms with E-state index >= 15 is 0 Å². The Morgan fingerprint density at radius 1 is 1.53 bits per heavy atom. The molecule has 15 heavy (non-hydrogen) atoms. The Labute approximate surface area is 90.2 Å². The van der Waals surface area contributed by atoms with Gasteiger partial charge in [-0.15, -0.1) is 0 Å². The molecule has 2 aliphatic carbocycles. The zero-order valence-electron chi connectivity index (χ0n) is 9.15. The highest BCUT2D eigenvalue weighted by molar-refractivity contribution is 5.82. The van der Waals surface area contributed by atoms with Gasteiger partial charge in [-0.1, -0.05) is 6.42 Å². The largest absolute Gasteiger partial charge is 0.392 e. The molecule has 0 saturated heterocycles. The van der Waals surface area contributed by atoms with Crippen LogP contribution >= 0.6 is 0 Å². The smallest absolute Gasteiger partial charge is 0.223 e. The van der Waals surface area contributed by atoms with E-state index in [4.69, 9.17) is 5.73 Å². The van der Waals surface area contributed by atoms with Crippen molar-refractivity contribution >= 4 is 5.91 Å². The molecule has 2 saturated carbocycles. The summed E-state index contributed by atoms with van der Waals surface area (Å²) in [7, 11) is 0. The number of hydrogen-bond acceptors (Lipinski definition) is 3. The minimum Gasteiger partial charge on any atom is -0.392 e. The Morgan fingerprint density at radius 2 is 2.13 bits per heavy atom. The predicted octanol–water partition coefficient (Wildman–Crippen LogP) is -0.143. The Hall–Kier alpha value is -0.610. The summed E-state index contributed by atoms with van der Waals surface area (Å²) < 4.78 is 0. The minimum absolute atomic E-state index is 0.140. The molecule has 0 aromatic rings. The second kappa shape index (κ2) is 4.10. The van der Waals surface area contributed by atoms with Crippen LogP contribution in [0.4, 0.5) is 0 Å². The maximum absolute atomic E-state index is 11.7. The Morgan fingerprint density at radius 3 is 2.67 bits per heavy atom. The Kier molecular flexibility index (Phi) is 2.98. The molecule has 2 fully saturated rings. The zero-order valence-corrected chi connectivity index (χ0v) is 9.15. The van der Waals surface area contributed by atoms with E-state index in [0.29, 0.717) is 18.4 Å². The topological polar surface area (TPSA) is 75.3 Å². The molecule has 0 bridgehead atoms. The first kappa shape index (κ1) is 10.9. The summed E-state index contributed by atoms with van der Waals surface area (Å²) >= 11 is 0. The van der Waals surface area contributed by atoms with Gasteiger partial charge >= 0.3 is 0 Å². The SMILES string of the molecule is CC(O)C(N)CNC(=O)C1C2CCCC21. The van der Waals surface area contributed by atoms with Gasteiger partial charge in [0.1, 0.15) is 0 Å². The van der Waals surface area contributed by atoms with Crippen molar-refractivity contribution in [2.75, 3.05) is 6.54 Å². The molecule has 0 aromatic carbocycles. The van der Waals surface area contributed by atoms with Crippen LogP contribution in [0, 0.1) is 17.8 Å². The number of carbonyl (C=O) groups excluding carboxylic acids is 1. The number of amides is 1. The summed E-state index contributed by atoms with van der Waals surface area (Å²) in [5, 5.41) is 12.0. The summed E-state index contributed by atoms with van der Waals surface area (Å²) in [5.74, 6) is 1.68. The van der Waals surface area contributed by atoms with Gasteiger partial charge in [-0.3, -0.25) is 4.79 Å². The van der Waals surface area contributed by atoms with Gasteiger partial charge < -0.3 is 16.2 Å². The third kappa shape index (κ3) is 2.16. The summed E-state index contributed by atoms with van der Waals surface area (Å²) in [5.41, 5.74) is 5.64. The van der Waals surface area contributed by atoms with Crippen LogP contribution in [-0.2, 0) is 4.79 Å². The molecule has 0 heterocycles. The fourth-order valence-electron chi connectivity index (χ4n) is 2.72. The van der Waals surface area contributed by atoms with Crippen molar-refractivity contribution in [1.29, 1.82) is 0 Å². The number of aliphatic hydroxyl groups excluding tert-OH is 1. The standard InChI is InChI=1S/C11H20N2O2/c1-6(14)9(12)5-13-11(15)10-7-3-2-4-8(7)10/h6-10,14H,2-5,12H2,1H3,(H,13,15). The molecule has 4 nitrogen and oxygen atoms in total. The van der Waals surface area contributed by atoms with Gasteiger partial charge in [0.25, 0.3) is 0 Å². The lowest BCUT2D eigenvalue weighted by Gasteiger charge is -2.15. The molecule has 4 N–H and O–H groups in total. The molecule has 2 aliphatic rings. The lowest BCUT2D eigenvalue weighted by atomic mass is 10.1. The van der Waals surface area contributed by atoms with Gasteiger partial charge in [-0.2, -0.15) is 0 Å². The fourth-order valence-corrected chi connectivity index (χ4v) is 2.72. The van der Waals surface area contributed by atoms with E-state index in [1.165, 1.54) is 19.3 Å². The monoisotopic (exact) mass is 212 g/mol. The van der Waals surface area contributed by atoms with E-state index < -0.39 is 6.10 Å². The van der Waals surface area contributed by atoms with Gasteiger partial charge in [0, 0.05) is 18.5 Å². The lowest BCUT2D eigenvalue weighted by molar-refractivity contribution is -0.123. The van der Waals surface area contributed by atoms with E-state index in [2.05, 4.69) is 5.32 Å². The summed E-state index contributed by atoms with van der Waals surface area (Å²) in [6.07, 6.45) is 3.15. The third-order valence-electron chi connectivity index (χ3n) is 3.84. The van der Waals surface area contributed by atoms with Crippen molar-refractivity contribution in [3.63, 3.8) is 0 Å². The van der Waals surface area contributed by atoms with Crippen LogP contribution in [0.2, 0.25) is 0 Å². The average molecular weight is 212 g/mol. The summed E-state index contributed by atoms with van der Waals surface area (Å²) in [4.78, 5) is 11.7. The van der Waals surface area contributed by atoms with Gasteiger partial charge in [0.2, 0.25) is 5.91 Å². The van der Waals surface area contributed by atoms with E-state index in [0.717, 1.165) is 0 Å². The van der Waals surface area contributed by atoms with Gasteiger partial charge in [-0.25, -0.2) is 0 Å². The van der Waals surface area contributed by atoms with E-state index in [1.54, 1.807) is 6.92 Å². The first-order valence-corrected chi connectivity index (χ1v) is 5.82. The molecule has 4 unspecified atom stereocenters. The highest BCUT2D eigenvalue weighted by atomic mass is 16.3. The third-order valence-corrected chi connectivity index (χ3v) is 3.84. The van der Waals surface area contributed by atoms with E-state index in [9.17, 15) is 9.90 Å². The quantitative estimate of drug-likeness (QED) is 0.607. The molecule has 4 heteroatoms. The van der Waals surface area contributed by atoms with Gasteiger partial charge in [0.15, 0.2) is 0 Å². The number of aliphatic hydroxyl groups is 1. The molecule has 4 atom stereocenters. The van der Waals surface area contributed by atoms with Crippen molar-refractivity contribution in [1.82, 2.24) is 5.32 Å². The van der Waals surface area contributed by atoms with Crippen LogP contribution in [0.1, 0.15) is 26.2 Å². The second-order valence-corrected chi connectivity index (χ2v) is 4.93. The van der Waals surface area contributed by atoms with E-state index in [1.807, 2.05) is 0 Å². The predicted molar refractivity (Wildman–Crippen MR) is 57.0 cm³/mol. The average Bonchev–Trinajstić information content (AvgIpc) is 2.68. The van der Waals surface area contributed by atoms with Crippen LogP contribution in [-0.4, -0.2) is 29.7 Å². The lowest BCUT2D eigenvalue weighted by Crippen LogP contribution is -2.44. The number of carbonyl (C=O) groups is 1. The number of hydrogen-bond donors (Lipinski definition) is 3. The van der Waals surface area contributed by atoms with Gasteiger partial charge in [0.05, 0.1) is 6.10 Å². The van der Waals surface area contributed by atoms with Crippen molar-refractivity contribution in [3.8, 4) is 0 Å². The Balaban J connectivity index is 1.70. The molecule has 86 valence electrons. The number of nitrogens with one attached hydrogen (secondary N) is 1. The maximum atomic E-state index is 11.7. The van der Waals surface area contributed by atoms with Crippen molar-refractivity contribution < 1.29 is 9.90 Å². The molecular formula is C11H20N2O2. The van der Waals surface area contributed by atoms with Crippen LogP contribution in [0.15, 0.2) is 0 Å². The first-order valence-electron chi connectivity index (χ1n) is 5.82. The fraction of sp³-hybridized carbons (Fsp3) is 0.909. The Bertz CT molecular complexity index is 245. The van der Waals surface area contributed by atoms with Crippen molar-refractivity contribution in [2.45, 2.75) is 38.3 Å². The van der Waals surface area contributed by atoms with Crippen molar-refractivity contribution in [3.05, 3.63) is 0 Å². The van der Waals surface area contributed by atoms with Crippen LogP contribution in [0.25, 0.3) is 0 Å². The summed E-state index contributed by atoms with van der Waals surface area (Å²) in [6, 6.07) is -0.354. The number of nitrogens with two attached hydrogens (primary N) is 1. The summed E-state index contributed by atoms with van der Waals surface area (Å²) in [6.45, 7) is 2.02. The van der Waals surface area contributed by atoms with Crippen LogP contribution in [0.3, 0.4) is 0 Å². The van der Waals surface area contributed by atoms with Gasteiger partial charge in [-0.05, 0) is 31.6 Å². The molecule has 0 spiro atoms. The molecular weight excluding hydrogens is 192 g/mol. The normalized spacial score (nSPS) is 36.9. The molecule has 0 aliphatic heterocycles. The molecule has 2 rings (SSSR count). The molecule has 0 radical (unpaired) electrons.